The van der Waals surface area contributed by atoms with Gasteiger partial charge in [0, 0.05) is 42.9 Å². The minimum atomic E-state index is 0.00864. The first-order chi connectivity index (χ1) is 15.2. The van der Waals surface area contributed by atoms with E-state index in [1.165, 1.54) is 34.8 Å². The van der Waals surface area contributed by atoms with Crippen LogP contribution in [0.15, 0.2) is 36.4 Å². The maximum atomic E-state index is 12.5. The van der Waals surface area contributed by atoms with Crippen molar-refractivity contribution in [3.8, 4) is 0 Å². The minimum absolute atomic E-state index is 0.00864. The molecule has 0 bridgehead atoms. The Bertz CT molecular complexity index is 891. The van der Waals surface area contributed by atoms with E-state index < -0.39 is 0 Å². The summed E-state index contributed by atoms with van der Waals surface area (Å²) in [5.74, 6) is 0.161. The van der Waals surface area contributed by atoms with Crippen molar-refractivity contribution in [3.05, 3.63) is 57.6 Å². The van der Waals surface area contributed by atoms with Gasteiger partial charge in [0.05, 0.1) is 10.7 Å². The Morgan fingerprint density at radius 3 is 2.68 bits per heavy atom. The number of benzene rings is 1. The van der Waals surface area contributed by atoms with Crippen molar-refractivity contribution in [3.63, 3.8) is 0 Å². The van der Waals surface area contributed by atoms with Crippen molar-refractivity contribution < 1.29 is 9.59 Å². The molecule has 1 aromatic heterocycles. The number of carbonyl (C=O) groups excluding carboxylic acids is 2. The van der Waals surface area contributed by atoms with Crippen LogP contribution in [0.2, 0.25) is 0 Å². The van der Waals surface area contributed by atoms with E-state index in [1.807, 2.05) is 52.6 Å². The fourth-order valence-electron chi connectivity index (χ4n) is 4.31. The van der Waals surface area contributed by atoms with Gasteiger partial charge in [0.15, 0.2) is 0 Å². The van der Waals surface area contributed by atoms with Gasteiger partial charge in [0.1, 0.15) is 0 Å². The number of hydrogen-bond donors (Lipinski definition) is 1. The summed E-state index contributed by atoms with van der Waals surface area (Å²) < 4.78 is 0. The quantitative estimate of drug-likeness (QED) is 0.526. The van der Waals surface area contributed by atoms with E-state index in [0.717, 1.165) is 37.7 Å². The second-order valence-corrected chi connectivity index (χ2v) is 9.59. The Labute approximate surface area is 188 Å². The highest BCUT2D eigenvalue weighted by Gasteiger charge is 2.26. The van der Waals surface area contributed by atoms with E-state index in [0.29, 0.717) is 19.6 Å². The van der Waals surface area contributed by atoms with Crippen LogP contribution in [0.5, 0.6) is 0 Å². The Hall–Kier alpha value is -2.47. The molecule has 5 nitrogen and oxygen atoms in total. The van der Waals surface area contributed by atoms with Crippen LogP contribution < -0.4 is 5.32 Å². The summed E-state index contributed by atoms with van der Waals surface area (Å²) in [4.78, 5) is 33.0. The normalized spacial score (nSPS) is 17.0. The largest absolute Gasteiger partial charge is 0.356 e. The molecule has 2 heterocycles. The number of rotatable bonds is 7. The molecule has 1 N–H and O–H groups in total. The van der Waals surface area contributed by atoms with Gasteiger partial charge < -0.3 is 10.2 Å². The van der Waals surface area contributed by atoms with E-state index >= 15 is 0 Å². The molecule has 1 saturated heterocycles. The molecule has 1 fully saturated rings. The lowest BCUT2D eigenvalue weighted by atomic mass is 9.95. The lowest BCUT2D eigenvalue weighted by Gasteiger charge is -2.30. The summed E-state index contributed by atoms with van der Waals surface area (Å²) in [6.07, 6.45) is 11.7. The minimum Gasteiger partial charge on any atom is -0.356 e. The van der Waals surface area contributed by atoms with Gasteiger partial charge in [0.2, 0.25) is 11.8 Å². The molecule has 0 atom stereocenters. The predicted octanol–water partition coefficient (Wildman–Crippen LogP) is 4.02. The number of hydrogen-bond acceptors (Lipinski definition) is 4. The van der Waals surface area contributed by atoms with E-state index in [-0.39, 0.29) is 17.7 Å². The first kappa shape index (κ1) is 21.8. The molecule has 1 aliphatic carbocycles. The van der Waals surface area contributed by atoms with Gasteiger partial charge in [-0.15, -0.1) is 11.3 Å². The fourth-order valence-corrected chi connectivity index (χ4v) is 5.51. The van der Waals surface area contributed by atoms with Gasteiger partial charge in [-0.05, 0) is 56.6 Å². The number of nitrogens with one attached hydrogen (secondary N) is 1. The highest BCUT2D eigenvalue weighted by molar-refractivity contribution is 7.11. The number of carbonyl (C=O) groups is 2. The van der Waals surface area contributed by atoms with E-state index in [2.05, 4.69) is 5.32 Å². The second kappa shape index (κ2) is 10.7. The number of amides is 2. The topological polar surface area (TPSA) is 62.3 Å². The molecule has 2 amide bonds. The Morgan fingerprint density at radius 2 is 1.90 bits per heavy atom. The number of aromatic nitrogens is 1. The van der Waals surface area contributed by atoms with Crippen LogP contribution in [0, 0.1) is 5.92 Å². The summed E-state index contributed by atoms with van der Waals surface area (Å²) in [5, 5.41) is 4.31. The summed E-state index contributed by atoms with van der Waals surface area (Å²) in [6, 6.07) is 9.82. The molecule has 31 heavy (non-hydrogen) atoms. The fraction of sp³-hybridized carbons (Fsp3) is 0.480. The number of fused-ring (bicyclic) bond motifs is 1. The zero-order valence-electron chi connectivity index (χ0n) is 18.0. The number of nitrogens with zero attached hydrogens (tertiary/aromatic N) is 2. The predicted molar refractivity (Wildman–Crippen MR) is 125 cm³/mol. The summed E-state index contributed by atoms with van der Waals surface area (Å²) >= 11 is 1.86. The molecule has 1 aliphatic heterocycles. The third-order valence-corrected chi connectivity index (χ3v) is 7.37. The van der Waals surface area contributed by atoms with Gasteiger partial charge in [-0.2, -0.15) is 0 Å². The van der Waals surface area contributed by atoms with Crippen molar-refractivity contribution in [1.82, 2.24) is 15.2 Å². The van der Waals surface area contributed by atoms with Crippen LogP contribution in [-0.4, -0.2) is 41.3 Å². The number of aryl methyl sites for hydroxylation is 3. The van der Waals surface area contributed by atoms with Crippen molar-refractivity contribution in [1.29, 1.82) is 0 Å². The summed E-state index contributed by atoms with van der Waals surface area (Å²) in [7, 11) is 0. The molecular weight excluding hydrogens is 406 g/mol. The average Bonchev–Trinajstić information content (AvgIpc) is 3.24. The third kappa shape index (κ3) is 6.03. The van der Waals surface area contributed by atoms with Gasteiger partial charge >= 0.3 is 0 Å². The Kier molecular flexibility index (Phi) is 7.52. The van der Waals surface area contributed by atoms with Gasteiger partial charge in [-0.3, -0.25) is 9.59 Å². The molecule has 2 aromatic rings. The number of likely N-dealkylation sites (tertiary alicyclic amines) is 1. The number of piperidine rings is 1. The van der Waals surface area contributed by atoms with Crippen molar-refractivity contribution in [2.75, 3.05) is 19.6 Å². The van der Waals surface area contributed by atoms with E-state index in [4.69, 9.17) is 4.98 Å². The summed E-state index contributed by atoms with van der Waals surface area (Å²) in [5.41, 5.74) is 2.33. The van der Waals surface area contributed by atoms with Crippen molar-refractivity contribution >= 4 is 29.2 Å². The van der Waals surface area contributed by atoms with Gasteiger partial charge in [0.25, 0.3) is 0 Å². The highest BCUT2D eigenvalue weighted by atomic mass is 32.1. The van der Waals surface area contributed by atoms with E-state index in [9.17, 15) is 9.59 Å². The standard InChI is InChI=1S/C25H31N3O2S/c29-24(13-12-19-7-2-1-3-8-19)28-17-14-20(15-18-28)25(30)26-16-6-11-23-27-21-9-4-5-10-22(21)31-23/h1-3,7-8,12-13,20H,4-6,9-11,14-18H2,(H,26,30)/b13-12+. The Balaban J connectivity index is 1.14. The third-order valence-electron chi connectivity index (χ3n) is 6.15. The van der Waals surface area contributed by atoms with Crippen LogP contribution in [0.4, 0.5) is 0 Å². The first-order valence-electron chi connectivity index (χ1n) is 11.5. The van der Waals surface area contributed by atoms with Crippen LogP contribution in [0.1, 0.15) is 53.2 Å². The molecule has 0 spiro atoms. The van der Waals surface area contributed by atoms with E-state index in [1.54, 1.807) is 6.08 Å². The average molecular weight is 438 g/mol. The molecule has 1 aromatic carbocycles. The number of thiazole rings is 1. The highest BCUT2D eigenvalue weighted by Crippen LogP contribution is 2.27. The molecule has 6 heteroatoms. The molecule has 0 radical (unpaired) electrons. The molecule has 0 unspecified atom stereocenters. The molecule has 4 rings (SSSR count). The molecular formula is C25H31N3O2S. The van der Waals surface area contributed by atoms with Crippen LogP contribution in [0.25, 0.3) is 6.08 Å². The summed E-state index contributed by atoms with van der Waals surface area (Å²) in [6.45, 7) is 1.98. The monoisotopic (exact) mass is 437 g/mol. The smallest absolute Gasteiger partial charge is 0.246 e. The zero-order chi connectivity index (χ0) is 21.5. The molecule has 164 valence electrons. The maximum absolute atomic E-state index is 12.5. The van der Waals surface area contributed by atoms with Crippen LogP contribution in [0.3, 0.4) is 0 Å². The lowest BCUT2D eigenvalue weighted by Crippen LogP contribution is -2.42. The van der Waals surface area contributed by atoms with Crippen LogP contribution >= 0.6 is 11.3 Å². The maximum Gasteiger partial charge on any atom is 0.246 e. The van der Waals surface area contributed by atoms with Gasteiger partial charge in [-0.1, -0.05) is 30.3 Å². The van der Waals surface area contributed by atoms with Gasteiger partial charge in [-0.25, -0.2) is 4.98 Å². The van der Waals surface area contributed by atoms with Crippen molar-refractivity contribution in [2.45, 2.75) is 51.4 Å². The Morgan fingerprint density at radius 1 is 1.13 bits per heavy atom. The molecule has 2 aliphatic rings. The second-order valence-electron chi connectivity index (χ2n) is 8.42. The molecule has 0 saturated carbocycles. The zero-order valence-corrected chi connectivity index (χ0v) is 18.8. The SMILES string of the molecule is O=C(NCCCc1nc2c(s1)CCCC2)C1CCN(C(=O)/C=C/c2ccccc2)CC1. The van der Waals surface area contributed by atoms with Crippen molar-refractivity contribution in [2.24, 2.45) is 5.92 Å². The lowest BCUT2D eigenvalue weighted by molar-refractivity contribution is -0.132. The first-order valence-corrected chi connectivity index (χ1v) is 12.3. The van der Waals surface area contributed by atoms with Crippen LogP contribution in [-0.2, 0) is 28.9 Å².